The predicted molar refractivity (Wildman–Crippen MR) is 259 cm³/mol. The Kier molecular flexibility index (Phi) is 10.1. The van der Waals surface area contributed by atoms with E-state index in [1.807, 2.05) is 12.1 Å². The second-order valence-electron chi connectivity index (χ2n) is 16.7. The number of nitrogens with zero attached hydrogens (tertiary/aromatic N) is 5. The fraction of sp³-hybridized carbons (Fsp3) is 0.138. The minimum Gasteiger partial charge on any atom is -0.308 e. The maximum absolute atomic E-state index is 10.1. The summed E-state index contributed by atoms with van der Waals surface area (Å²) in [5.74, 6) is 2.50. The Morgan fingerprint density at radius 3 is 1.83 bits per heavy atom. The quantitative estimate of drug-likeness (QED) is 0.153. The molecule has 0 saturated heterocycles. The van der Waals surface area contributed by atoms with Crippen LogP contribution in [0.5, 0.6) is 0 Å². The summed E-state index contributed by atoms with van der Waals surface area (Å²) >= 11 is 0. The van der Waals surface area contributed by atoms with Gasteiger partial charge < -0.3 is 4.57 Å². The van der Waals surface area contributed by atoms with E-state index < -0.39 is 0 Å². The van der Waals surface area contributed by atoms with Crippen LogP contribution < -0.4 is 0 Å². The third kappa shape index (κ3) is 7.34. The van der Waals surface area contributed by atoms with E-state index in [2.05, 4.69) is 187 Å². The normalized spacial score (nSPS) is 17.9. The molecule has 4 aliphatic rings. The Bertz CT molecular complexity index is 3230. The minimum atomic E-state index is 0.0460. The third-order valence-electron chi connectivity index (χ3n) is 12.8. The first-order valence-electron chi connectivity index (χ1n) is 22.2. The first-order chi connectivity index (χ1) is 31.2. The minimum absolute atomic E-state index is 0.0460. The SMILES string of the molecule is N#Cc1ccc2c(c1)c1ccccc1n2-c1c(-c2ccc(C3=CCCC=C3)cc2)cc(-c2nc(C3=CCCC=C3)nc(C3C=CC=CC3)n2)cc1-c1ccc(C2C=CC=CC2)cc1. The monoisotopic (exact) mass is 811 g/mol. The first-order valence-corrected chi connectivity index (χ1v) is 22.2. The van der Waals surface area contributed by atoms with Crippen molar-refractivity contribution in [3.63, 3.8) is 0 Å². The Labute approximate surface area is 368 Å². The molecule has 2 aromatic heterocycles. The molecule has 5 nitrogen and oxygen atoms in total. The van der Waals surface area contributed by atoms with E-state index in [-0.39, 0.29) is 5.92 Å². The number of rotatable bonds is 8. The third-order valence-corrected chi connectivity index (χ3v) is 12.8. The van der Waals surface area contributed by atoms with Crippen molar-refractivity contribution in [2.24, 2.45) is 0 Å². The van der Waals surface area contributed by atoms with Gasteiger partial charge in [-0.15, -0.1) is 0 Å². The van der Waals surface area contributed by atoms with Gasteiger partial charge in [-0.05, 0) is 103 Å². The zero-order valence-corrected chi connectivity index (χ0v) is 35.0. The summed E-state index contributed by atoms with van der Waals surface area (Å²) in [6.07, 6.45) is 36.8. The van der Waals surface area contributed by atoms with Gasteiger partial charge in [-0.25, -0.2) is 15.0 Å². The molecule has 5 heteroatoms. The van der Waals surface area contributed by atoms with Crippen molar-refractivity contribution in [1.29, 1.82) is 5.26 Å². The van der Waals surface area contributed by atoms with Crippen LogP contribution >= 0.6 is 0 Å². The van der Waals surface area contributed by atoms with Gasteiger partial charge in [0.25, 0.3) is 0 Å². The highest BCUT2D eigenvalue weighted by Gasteiger charge is 2.25. The lowest BCUT2D eigenvalue weighted by Gasteiger charge is -2.22. The summed E-state index contributed by atoms with van der Waals surface area (Å²) in [4.78, 5) is 15.8. The fourth-order valence-corrected chi connectivity index (χ4v) is 9.50. The average molecular weight is 812 g/mol. The van der Waals surface area contributed by atoms with Crippen LogP contribution in [-0.2, 0) is 0 Å². The van der Waals surface area contributed by atoms with Crippen molar-refractivity contribution in [3.05, 3.63) is 217 Å². The van der Waals surface area contributed by atoms with E-state index in [9.17, 15) is 5.26 Å². The number of allylic oxidation sites excluding steroid dienone is 16. The Hall–Kier alpha value is -7.68. The van der Waals surface area contributed by atoms with Crippen molar-refractivity contribution in [1.82, 2.24) is 19.5 Å². The molecule has 11 rings (SSSR count). The zero-order valence-electron chi connectivity index (χ0n) is 35.0. The maximum Gasteiger partial charge on any atom is 0.163 e. The molecule has 0 N–H and O–H groups in total. The van der Waals surface area contributed by atoms with Gasteiger partial charge in [-0.2, -0.15) is 5.26 Å². The lowest BCUT2D eigenvalue weighted by atomic mass is 9.89. The fourth-order valence-electron chi connectivity index (χ4n) is 9.50. The lowest BCUT2D eigenvalue weighted by molar-refractivity contribution is 0.756. The smallest absolute Gasteiger partial charge is 0.163 e. The van der Waals surface area contributed by atoms with Crippen molar-refractivity contribution in [3.8, 4) is 45.4 Å². The number of para-hydroxylation sites is 1. The number of aromatic nitrogens is 4. The van der Waals surface area contributed by atoms with Gasteiger partial charge >= 0.3 is 0 Å². The van der Waals surface area contributed by atoms with Gasteiger partial charge in [0.2, 0.25) is 0 Å². The first kappa shape index (κ1) is 38.3. The summed E-state index contributed by atoms with van der Waals surface area (Å²) in [6.45, 7) is 0. The van der Waals surface area contributed by atoms with Gasteiger partial charge in [0.05, 0.1) is 28.4 Å². The Balaban J connectivity index is 1.21. The van der Waals surface area contributed by atoms with E-state index in [4.69, 9.17) is 15.0 Å². The number of hydrogen-bond acceptors (Lipinski definition) is 4. The van der Waals surface area contributed by atoms with Gasteiger partial charge in [-0.1, -0.05) is 152 Å². The molecule has 0 saturated carbocycles. The van der Waals surface area contributed by atoms with Crippen LogP contribution in [0.4, 0.5) is 0 Å². The topological polar surface area (TPSA) is 67.4 Å². The Morgan fingerprint density at radius 2 is 1.16 bits per heavy atom. The summed E-state index contributed by atoms with van der Waals surface area (Å²) in [5, 5.41) is 12.2. The van der Waals surface area contributed by atoms with Crippen LogP contribution in [-0.4, -0.2) is 19.5 Å². The highest BCUT2D eigenvalue weighted by molar-refractivity contribution is 6.11. The van der Waals surface area contributed by atoms with Gasteiger partial charge in [0.15, 0.2) is 11.6 Å². The molecule has 0 spiro atoms. The van der Waals surface area contributed by atoms with Crippen LogP contribution in [0.1, 0.15) is 78.7 Å². The molecule has 7 aromatic rings. The van der Waals surface area contributed by atoms with Crippen LogP contribution in [0.15, 0.2) is 188 Å². The van der Waals surface area contributed by atoms with E-state index in [0.29, 0.717) is 23.1 Å². The summed E-state index contributed by atoms with van der Waals surface area (Å²) < 4.78 is 2.41. The summed E-state index contributed by atoms with van der Waals surface area (Å²) in [6, 6.07) is 39.8. The average Bonchev–Trinajstić information content (AvgIpc) is 3.70. The molecule has 0 aliphatic heterocycles. The maximum atomic E-state index is 10.1. The molecule has 0 fully saturated rings. The lowest BCUT2D eigenvalue weighted by Crippen LogP contribution is -2.10. The van der Waals surface area contributed by atoms with E-state index >= 15 is 0 Å². The molecule has 0 bridgehead atoms. The molecular formula is C58H45N5. The zero-order chi connectivity index (χ0) is 42.1. The summed E-state index contributed by atoms with van der Waals surface area (Å²) in [7, 11) is 0. The van der Waals surface area contributed by atoms with Crippen molar-refractivity contribution < 1.29 is 0 Å². The van der Waals surface area contributed by atoms with Crippen LogP contribution in [0, 0.1) is 11.3 Å². The standard InChI is InChI=1S/C58H45N5/c59-38-39-25-34-54-52(35-39)49-23-13-14-24-53(49)63(54)55-50(44-30-26-42(27-31-44)40-15-5-1-6-16-40)36-48(37-51(55)45-32-28-43(29-33-45)41-17-7-2-8-18-41)58-61-56(46-19-9-3-10-20-46)60-57(62-58)47-21-11-4-12-22-47/h1,3,5-7,9-11,13-15,17-19,21-37,40,46H,2,4,8,12,16,20H2. The molecule has 0 amide bonds. The molecule has 2 unspecified atom stereocenters. The van der Waals surface area contributed by atoms with Crippen molar-refractivity contribution >= 4 is 33.0 Å². The number of fused-ring (bicyclic) bond motifs is 3. The van der Waals surface area contributed by atoms with E-state index in [0.717, 1.165) is 105 Å². The summed E-state index contributed by atoms with van der Waals surface area (Å²) in [5.41, 5.74) is 13.8. The Morgan fingerprint density at radius 1 is 0.524 bits per heavy atom. The highest BCUT2D eigenvalue weighted by Crippen LogP contribution is 2.45. The molecule has 302 valence electrons. The highest BCUT2D eigenvalue weighted by atomic mass is 15.0. The van der Waals surface area contributed by atoms with Gasteiger partial charge in [0.1, 0.15) is 5.82 Å². The van der Waals surface area contributed by atoms with Crippen LogP contribution in [0.3, 0.4) is 0 Å². The number of nitriles is 1. The molecular weight excluding hydrogens is 767 g/mol. The molecule has 2 heterocycles. The molecule has 2 atom stereocenters. The molecule has 63 heavy (non-hydrogen) atoms. The van der Waals surface area contributed by atoms with Gasteiger partial charge in [-0.3, -0.25) is 0 Å². The second kappa shape index (κ2) is 16.6. The van der Waals surface area contributed by atoms with Crippen molar-refractivity contribution in [2.45, 2.75) is 50.4 Å². The molecule has 4 aliphatic carbocycles. The molecule has 0 radical (unpaired) electrons. The predicted octanol–water partition coefficient (Wildman–Crippen LogP) is 14.5. The van der Waals surface area contributed by atoms with Gasteiger partial charge in [0, 0.05) is 44.9 Å². The van der Waals surface area contributed by atoms with Crippen LogP contribution in [0.25, 0.3) is 72.3 Å². The number of hydrogen-bond donors (Lipinski definition) is 0. The largest absolute Gasteiger partial charge is 0.308 e. The molecule has 5 aromatic carbocycles. The second-order valence-corrected chi connectivity index (χ2v) is 16.7. The van der Waals surface area contributed by atoms with Crippen LogP contribution in [0.2, 0.25) is 0 Å². The number of benzene rings is 5. The van der Waals surface area contributed by atoms with E-state index in [1.165, 1.54) is 16.7 Å². The van der Waals surface area contributed by atoms with E-state index in [1.54, 1.807) is 0 Å². The van der Waals surface area contributed by atoms with Crippen molar-refractivity contribution in [2.75, 3.05) is 0 Å².